The molecule has 0 bridgehead atoms. The highest BCUT2D eigenvalue weighted by molar-refractivity contribution is 5.28. The molecule has 1 saturated heterocycles. The lowest BCUT2D eigenvalue weighted by Gasteiger charge is -2.21. The molecule has 0 spiro atoms. The molecule has 0 aromatic heterocycles. The minimum atomic E-state index is 0.115. The summed E-state index contributed by atoms with van der Waals surface area (Å²) in [6.07, 6.45) is 0.422. The third-order valence-corrected chi connectivity index (χ3v) is 3.60. The Morgan fingerprint density at radius 1 is 1.15 bits per heavy atom. The van der Waals surface area contributed by atoms with Gasteiger partial charge in [-0.25, -0.2) is 0 Å². The molecule has 2 rings (SSSR count). The monoisotopic (exact) mass is 278 g/mol. The summed E-state index contributed by atoms with van der Waals surface area (Å²) in [6, 6.07) is 8.33. The average Bonchev–Trinajstić information content (AvgIpc) is 3.23. The van der Waals surface area contributed by atoms with Gasteiger partial charge in [0, 0.05) is 0 Å². The van der Waals surface area contributed by atoms with E-state index in [1.54, 1.807) is 0 Å². The van der Waals surface area contributed by atoms with E-state index in [1.807, 2.05) is 12.1 Å². The summed E-state index contributed by atoms with van der Waals surface area (Å²) in [5.41, 5.74) is 1.33. The Labute approximate surface area is 122 Å². The molecule has 1 fully saturated rings. The van der Waals surface area contributed by atoms with Gasteiger partial charge in [0.05, 0.1) is 19.3 Å². The lowest BCUT2D eigenvalue weighted by atomic mass is 10.0. The van der Waals surface area contributed by atoms with Crippen molar-refractivity contribution in [2.24, 2.45) is 5.92 Å². The van der Waals surface area contributed by atoms with Crippen LogP contribution in [-0.2, 0) is 9.47 Å². The fourth-order valence-corrected chi connectivity index (χ4v) is 1.96. The molecule has 3 nitrogen and oxygen atoms in total. The normalized spacial score (nSPS) is 19.4. The van der Waals surface area contributed by atoms with Gasteiger partial charge in [-0.05, 0) is 29.5 Å². The van der Waals surface area contributed by atoms with Gasteiger partial charge in [-0.15, -0.1) is 0 Å². The predicted octanol–water partition coefficient (Wildman–Crippen LogP) is 3.63. The van der Waals surface area contributed by atoms with Gasteiger partial charge in [0.15, 0.2) is 0 Å². The summed E-state index contributed by atoms with van der Waals surface area (Å²) in [7, 11) is 0. The van der Waals surface area contributed by atoms with E-state index in [4.69, 9.17) is 14.2 Å². The third kappa shape index (κ3) is 4.80. The summed E-state index contributed by atoms with van der Waals surface area (Å²) in [5.74, 6) is 1.89. The van der Waals surface area contributed by atoms with Crippen LogP contribution < -0.4 is 4.74 Å². The smallest absolute Gasteiger partial charge is 0.119 e. The zero-order valence-corrected chi connectivity index (χ0v) is 13.0. The summed E-state index contributed by atoms with van der Waals surface area (Å²) in [6.45, 7) is 10.8. The van der Waals surface area contributed by atoms with E-state index in [0.717, 1.165) is 12.4 Å². The second kappa shape index (κ2) is 7.09. The molecular weight excluding hydrogens is 252 g/mol. The number of epoxide rings is 1. The largest absolute Gasteiger partial charge is 0.491 e. The molecule has 2 atom stereocenters. The van der Waals surface area contributed by atoms with Gasteiger partial charge in [0.1, 0.15) is 18.5 Å². The number of hydrogen-bond acceptors (Lipinski definition) is 3. The van der Waals surface area contributed by atoms with Gasteiger partial charge in [-0.2, -0.15) is 0 Å². The number of ether oxygens (including phenoxy) is 3. The van der Waals surface area contributed by atoms with Crippen LogP contribution in [0.3, 0.4) is 0 Å². The van der Waals surface area contributed by atoms with Crippen molar-refractivity contribution < 1.29 is 14.2 Å². The lowest BCUT2D eigenvalue weighted by molar-refractivity contribution is -0.0137. The molecule has 3 heteroatoms. The van der Waals surface area contributed by atoms with Crippen LogP contribution in [0.5, 0.6) is 5.75 Å². The second-order valence-corrected chi connectivity index (χ2v) is 6.11. The maximum atomic E-state index is 5.86. The summed E-state index contributed by atoms with van der Waals surface area (Å²) < 4.78 is 16.9. The van der Waals surface area contributed by atoms with Crippen molar-refractivity contribution in [2.45, 2.75) is 45.8 Å². The first kappa shape index (κ1) is 15.3. The van der Waals surface area contributed by atoms with Crippen molar-refractivity contribution in [1.82, 2.24) is 0 Å². The molecule has 0 saturated carbocycles. The zero-order chi connectivity index (χ0) is 14.5. The lowest BCUT2D eigenvalue weighted by Crippen LogP contribution is -2.28. The van der Waals surface area contributed by atoms with Crippen LogP contribution in [0.25, 0.3) is 0 Å². The van der Waals surface area contributed by atoms with Crippen molar-refractivity contribution in [1.29, 1.82) is 0 Å². The van der Waals surface area contributed by atoms with Crippen molar-refractivity contribution in [3.63, 3.8) is 0 Å². The van der Waals surface area contributed by atoms with Crippen LogP contribution in [0.1, 0.15) is 39.2 Å². The Bertz CT molecular complexity index is 393. The minimum Gasteiger partial charge on any atom is -0.491 e. The molecule has 0 N–H and O–H groups in total. The van der Waals surface area contributed by atoms with Crippen LogP contribution in [0.4, 0.5) is 0 Å². The standard InChI is InChI=1S/C17H26O3/c1-12(2)14-5-7-15(8-6-14)19-11-17(13(3)4)20-10-16-9-18-16/h5-8,12-13,16-17H,9-11H2,1-4H3. The molecule has 112 valence electrons. The molecule has 20 heavy (non-hydrogen) atoms. The maximum absolute atomic E-state index is 5.86. The van der Waals surface area contributed by atoms with E-state index in [9.17, 15) is 0 Å². The molecule has 1 aromatic rings. The van der Waals surface area contributed by atoms with Crippen LogP contribution in [0.15, 0.2) is 24.3 Å². The highest BCUT2D eigenvalue weighted by Gasteiger charge is 2.25. The van der Waals surface area contributed by atoms with Crippen molar-refractivity contribution in [3.05, 3.63) is 29.8 Å². The SMILES string of the molecule is CC(C)c1ccc(OCC(OCC2CO2)C(C)C)cc1. The van der Waals surface area contributed by atoms with Gasteiger partial charge in [0.25, 0.3) is 0 Å². The quantitative estimate of drug-likeness (QED) is 0.680. The third-order valence-electron chi connectivity index (χ3n) is 3.60. The van der Waals surface area contributed by atoms with Crippen molar-refractivity contribution >= 4 is 0 Å². The Kier molecular flexibility index (Phi) is 5.44. The van der Waals surface area contributed by atoms with Gasteiger partial charge < -0.3 is 14.2 Å². The van der Waals surface area contributed by atoms with Gasteiger partial charge >= 0.3 is 0 Å². The van der Waals surface area contributed by atoms with E-state index in [0.29, 0.717) is 31.2 Å². The van der Waals surface area contributed by atoms with Gasteiger partial charge in [0.2, 0.25) is 0 Å². The topological polar surface area (TPSA) is 31.0 Å². The van der Waals surface area contributed by atoms with E-state index >= 15 is 0 Å². The molecular formula is C17H26O3. The van der Waals surface area contributed by atoms with Gasteiger partial charge in [-0.3, -0.25) is 0 Å². The highest BCUT2D eigenvalue weighted by Crippen LogP contribution is 2.20. The molecule has 1 aromatic carbocycles. The summed E-state index contributed by atoms with van der Waals surface area (Å²) in [4.78, 5) is 0. The van der Waals surface area contributed by atoms with E-state index in [-0.39, 0.29) is 6.10 Å². The Balaban J connectivity index is 1.81. The molecule has 0 amide bonds. The molecule has 1 heterocycles. The number of benzene rings is 1. The molecule has 0 radical (unpaired) electrons. The fraction of sp³-hybridized carbons (Fsp3) is 0.647. The maximum Gasteiger partial charge on any atom is 0.119 e. The van der Waals surface area contributed by atoms with Crippen LogP contribution in [0.2, 0.25) is 0 Å². The van der Waals surface area contributed by atoms with Crippen LogP contribution in [0, 0.1) is 5.92 Å². The highest BCUT2D eigenvalue weighted by atomic mass is 16.6. The second-order valence-electron chi connectivity index (χ2n) is 6.11. The molecule has 1 aliphatic rings. The van der Waals surface area contributed by atoms with E-state index in [1.165, 1.54) is 5.56 Å². The molecule has 2 unspecified atom stereocenters. The first-order chi connectivity index (χ1) is 9.56. The summed E-state index contributed by atoms with van der Waals surface area (Å²) >= 11 is 0. The Morgan fingerprint density at radius 3 is 2.30 bits per heavy atom. The van der Waals surface area contributed by atoms with Crippen LogP contribution >= 0.6 is 0 Å². The predicted molar refractivity (Wildman–Crippen MR) is 80.3 cm³/mol. The summed E-state index contributed by atoms with van der Waals surface area (Å²) in [5, 5.41) is 0. The van der Waals surface area contributed by atoms with Crippen molar-refractivity contribution in [2.75, 3.05) is 19.8 Å². The van der Waals surface area contributed by atoms with Crippen LogP contribution in [-0.4, -0.2) is 32.0 Å². The Hall–Kier alpha value is -1.06. The first-order valence-corrected chi connectivity index (χ1v) is 7.52. The van der Waals surface area contributed by atoms with E-state index in [2.05, 4.69) is 39.8 Å². The zero-order valence-electron chi connectivity index (χ0n) is 13.0. The van der Waals surface area contributed by atoms with E-state index < -0.39 is 0 Å². The fourth-order valence-electron chi connectivity index (χ4n) is 1.96. The number of hydrogen-bond donors (Lipinski definition) is 0. The van der Waals surface area contributed by atoms with Crippen molar-refractivity contribution in [3.8, 4) is 5.75 Å². The average molecular weight is 278 g/mol. The Morgan fingerprint density at radius 2 is 1.80 bits per heavy atom. The van der Waals surface area contributed by atoms with Gasteiger partial charge in [-0.1, -0.05) is 39.8 Å². The molecule has 1 aliphatic heterocycles. The molecule has 0 aliphatic carbocycles. The first-order valence-electron chi connectivity index (χ1n) is 7.52. The number of rotatable bonds is 8. The minimum absolute atomic E-state index is 0.115.